The molecule has 200 valence electrons. The second kappa shape index (κ2) is 9.92. The fourth-order valence-corrected chi connectivity index (χ4v) is 6.17. The second-order valence-corrected chi connectivity index (χ2v) is 11.3. The van der Waals surface area contributed by atoms with Gasteiger partial charge in [0.2, 0.25) is 0 Å². The maximum atomic E-state index is 14.0. The molecular weight excluding hydrogens is 492 g/mol. The van der Waals surface area contributed by atoms with Crippen molar-refractivity contribution in [2.24, 2.45) is 10.4 Å². The summed E-state index contributed by atoms with van der Waals surface area (Å²) in [5.74, 6) is -0.203. The molecule has 0 spiro atoms. The highest BCUT2D eigenvalue weighted by Crippen LogP contribution is 2.48. The first-order chi connectivity index (χ1) is 18.0. The first-order valence-electron chi connectivity index (χ1n) is 13.1. The summed E-state index contributed by atoms with van der Waals surface area (Å²) >= 11 is 0. The Kier molecular flexibility index (Phi) is 6.93. The summed E-state index contributed by atoms with van der Waals surface area (Å²) in [7, 11) is 1.62. The van der Waals surface area contributed by atoms with Crippen LogP contribution in [0.5, 0.6) is 0 Å². The van der Waals surface area contributed by atoms with Crippen LogP contribution >= 0.6 is 0 Å². The lowest BCUT2D eigenvalue weighted by Crippen LogP contribution is -2.29. The highest BCUT2D eigenvalue weighted by molar-refractivity contribution is 6.17. The number of aliphatic hydroxyl groups is 1. The van der Waals surface area contributed by atoms with E-state index in [-0.39, 0.29) is 17.2 Å². The molecule has 38 heavy (non-hydrogen) atoms. The summed E-state index contributed by atoms with van der Waals surface area (Å²) in [6, 6.07) is 11.2. The first-order valence-corrected chi connectivity index (χ1v) is 13.1. The van der Waals surface area contributed by atoms with Crippen molar-refractivity contribution in [2.45, 2.75) is 70.6 Å². The molecule has 1 saturated carbocycles. The Labute approximate surface area is 220 Å². The van der Waals surface area contributed by atoms with Crippen LogP contribution in [0.2, 0.25) is 0 Å². The predicted molar refractivity (Wildman–Crippen MR) is 141 cm³/mol. The quantitative estimate of drug-likeness (QED) is 0.277. The van der Waals surface area contributed by atoms with Crippen LogP contribution in [-0.2, 0) is 12.6 Å². The van der Waals surface area contributed by atoms with Gasteiger partial charge in [0.15, 0.2) is 0 Å². The number of rotatable bonds is 4. The largest absolute Gasteiger partial charge is 0.416 e. The van der Waals surface area contributed by atoms with Gasteiger partial charge in [-0.25, -0.2) is 4.39 Å². The number of alkyl halides is 3. The maximum absolute atomic E-state index is 14.0. The van der Waals surface area contributed by atoms with Crippen LogP contribution in [-0.4, -0.2) is 22.8 Å². The molecule has 3 nitrogen and oxygen atoms in total. The number of halogens is 4. The van der Waals surface area contributed by atoms with Crippen LogP contribution in [0.3, 0.4) is 0 Å². The minimum absolute atomic E-state index is 0.150. The summed E-state index contributed by atoms with van der Waals surface area (Å²) < 4.78 is 53.9. The van der Waals surface area contributed by atoms with Crippen LogP contribution in [0.1, 0.15) is 91.6 Å². The van der Waals surface area contributed by atoms with Crippen molar-refractivity contribution in [2.75, 3.05) is 7.05 Å². The molecule has 5 rings (SSSR count). The molecule has 2 aliphatic carbocycles. The molecule has 0 bridgehead atoms. The van der Waals surface area contributed by atoms with Crippen molar-refractivity contribution in [1.29, 1.82) is 0 Å². The van der Waals surface area contributed by atoms with Gasteiger partial charge in [0.05, 0.1) is 23.1 Å². The van der Waals surface area contributed by atoms with Gasteiger partial charge in [-0.3, -0.25) is 9.98 Å². The summed E-state index contributed by atoms with van der Waals surface area (Å²) in [6.07, 6.45) is 0.0475. The van der Waals surface area contributed by atoms with E-state index in [9.17, 15) is 22.7 Å². The molecule has 1 heterocycles. The van der Waals surface area contributed by atoms with Gasteiger partial charge in [0, 0.05) is 40.9 Å². The minimum atomic E-state index is -4.44. The van der Waals surface area contributed by atoms with Gasteiger partial charge < -0.3 is 5.11 Å². The Morgan fingerprint density at radius 3 is 2.21 bits per heavy atom. The molecule has 1 unspecified atom stereocenters. The van der Waals surface area contributed by atoms with E-state index in [4.69, 9.17) is 4.98 Å². The third kappa shape index (κ3) is 5.00. The Hall–Kier alpha value is -3.06. The zero-order chi connectivity index (χ0) is 27.2. The zero-order valence-electron chi connectivity index (χ0n) is 21.9. The molecule has 3 aromatic rings. The summed E-state index contributed by atoms with van der Waals surface area (Å²) in [5, 5.41) is 11.4. The Bertz CT molecular complexity index is 1350. The van der Waals surface area contributed by atoms with Crippen LogP contribution in [0.15, 0.2) is 53.5 Å². The van der Waals surface area contributed by atoms with Crippen molar-refractivity contribution in [1.82, 2.24) is 4.98 Å². The molecule has 0 aliphatic heterocycles. The van der Waals surface area contributed by atoms with Crippen LogP contribution < -0.4 is 0 Å². The smallest absolute Gasteiger partial charge is 0.388 e. The Morgan fingerprint density at radius 1 is 1.00 bits per heavy atom. The third-order valence-electron chi connectivity index (χ3n) is 7.89. The second-order valence-electron chi connectivity index (χ2n) is 11.3. The predicted octanol–water partition coefficient (Wildman–Crippen LogP) is 8.04. The molecule has 0 radical (unpaired) electrons. The van der Waals surface area contributed by atoms with Gasteiger partial charge in [-0.1, -0.05) is 51.0 Å². The maximum Gasteiger partial charge on any atom is 0.416 e. The number of pyridine rings is 1. The van der Waals surface area contributed by atoms with E-state index in [0.29, 0.717) is 29.7 Å². The number of hydrogen-bond donors (Lipinski definition) is 1. The number of aromatic nitrogens is 1. The monoisotopic (exact) mass is 524 g/mol. The summed E-state index contributed by atoms with van der Waals surface area (Å²) in [4.78, 5) is 9.80. The first kappa shape index (κ1) is 26.5. The number of hydrogen-bond acceptors (Lipinski definition) is 3. The van der Waals surface area contributed by atoms with E-state index in [1.807, 2.05) is 0 Å². The van der Waals surface area contributed by atoms with Crippen LogP contribution in [0, 0.1) is 11.2 Å². The lowest BCUT2D eigenvalue weighted by Gasteiger charge is -2.37. The molecule has 0 saturated heterocycles. The molecule has 1 N–H and O–H groups in total. The van der Waals surface area contributed by atoms with E-state index in [2.05, 4.69) is 18.8 Å². The molecule has 2 aromatic carbocycles. The normalized spacial score (nSPS) is 20.0. The van der Waals surface area contributed by atoms with Crippen molar-refractivity contribution < 1.29 is 22.7 Å². The molecule has 1 fully saturated rings. The van der Waals surface area contributed by atoms with E-state index >= 15 is 0 Å². The fourth-order valence-electron chi connectivity index (χ4n) is 6.17. The van der Waals surface area contributed by atoms with E-state index < -0.39 is 17.8 Å². The average Bonchev–Trinajstić information content (AvgIpc) is 3.39. The van der Waals surface area contributed by atoms with Gasteiger partial charge in [-0.2, -0.15) is 13.2 Å². The minimum Gasteiger partial charge on any atom is -0.388 e. The molecule has 0 amide bonds. The SMILES string of the molecule is CN=C(c1ccc(C(F)(F)F)cc1)c1c(C2CCCC2)nc2c(c1-c1ccc(F)cc1)C(O)CC(C)(C)C2. The fraction of sp³-hybridized carbons (Fsp3) is 0.419. The van der Waals surface area contributed by atoms with Gasteiger partial charge >= 0.3 is 6.18 Å². The molecule has 1 aromatic heterocycles. The number of fused-ring (bicyclic) bond motifs is 1. The lowest BCUT2D eigenvalue weighted by atomic mass is 9.71. The molecule has 7 heteroatoms. The van der Waals surface area contributed by atoms with Gasteiger partial charge in [-0.15, -0.1) is 0 Å². The standard InChI is InChI=1S/C31H32F4N2O/c1-30(2)16-23-26(24(38)17-30)25(18-10-14-22(32)15-11-18)27(29(37-23)19-6-4-5-7-19)28(36-3)20-8-12-21(13-9-20)31(33,34)35/h8-15,19,24,38H,4-7,16-17H2,1-3H3. The van der Waals surface area contributed by atoms with Crippen molar-refractivity contribution in [3.8, 4) is 11.1 Å². The highest BCUT2D eigenvalue weighted by Gasteiger charge is 2.38. The molecule has 1 atom stereocenters. The molecular formula is C31H32F4N2O. The lowest BCUT2D eigenvalue weighted by molar-refractivity contribution is -0.137. The highest BCUT2D eigenvalue weighted by atomic mass is 19.4. The summed E-state index contributed by atoms with van der Waals surface area (Å²) in [6.45, 7) is 4.23. The zero-order valence-corrected chi connectivity index (χ0v) is 21.9. The topological polar surface area (TPSA) is 45.5 Å². The van der Waals surface area contributed by atoms with Gasteiger partial charge in [0.25, 0.3) is 0 Å². The van der Waals surface area contributed by atoms with Crippen molar-refractivity contribution in [3.63, 3.8) is 0 Å². The van der Waals surface area contributed by atoms with Crippen LogP contribution in [0.25, 0.3) is 11.1 Å². The number of nitrogens with zero attached hydrogens (tertiary/aromatic N) is 2. The number of aliphatic imine (C=N–C) groups is 1. The van der Waals surface area contributed by atoms with E-state index in [1.54, 1.807) is 19.2 Å². The van der Waals surface area contributed by atoms with E-state index in [0.717, 1.165) is 65.9 Å². The number of aliphatic hydroxyl groups excluding tert-OH is 1. The van der Waals surface area contributed by atoms with Gasteiger partial charge in [0.1, 0.15) is 5.82 Å². The van der Waals surface area contributed by atoms with Gasteiger partial charge in [-0.05, 0) is 60.9 Å². The summed E-state index contributed by atoms with van der Waals surface area (Å²) in [5.41, 5.74) is 4.79. The van der Waals surface area contributed by atoms with E-state index in [1.165, 1.54) is 24.3 Å². The van der Waals surface area contributed by atoms with Crippen molar-refractivity contribution in [3.05, 3.63) is 88.0 Å². The van der Waals surface area contributed by atoms with Crippen LogP contribution in [0.4, 0.5) is 17.6 Å². The van der Waals surface area contributed by atoms with Crippen molar-refractivity contribution >= 4 is 5.71 Å². The third-order valence-corrected chi connectivity index (χ3v) is 7.89. The number of benzene rings is 2. The Morgan fingerprint density at radius 2 is 1.63 bits per heavy atom. The molecule has 2 aliphatic rings. The Balaban J connectivity index is 1.82. The average molecular weight is 525 g/mol.